The van der Waals surface area contributed by atoms with Crippen molar-refractivity contribution in [2.75, 3.05) is 56.6 Å². The third-order valence-corrected chi connectivity index (χ3v) is 21.2. The number of anilines is 3. The van der Waals surface area contributed by atoms with Crippen LogP contribution in [0.25, 0.3) is 99.2 Å². The Balaban J connectivity index is 0.000000232. The van der Waals surface area contributed by atoms with E-state index in [-0.39, 0.29) is 55.1 Å². The Bertz CT molecular complexity index is 5800. The Morgan fingerprint density at radius 2 is 1.18 bits per heavy atom. The standard InChI is InChI=1S/C17H20N6O4.C16H19N5O2.C9H18ClN2OP.C9H7N5O.C9H6N2O2.C8H6N4O.C7H13ClO.C5H3ClO2.CH5I2NO.CH4.H4N2/c1-22(2)9-20-16-14-15(11-4-3-5-26-11)21-23(17(14)19-8-18-16)13-6-10(25)12(7-24)27-13;1-3-10-9(2)7-12(23-10)21-16-13(15(17)18-8-19-16)14(20-21)11-5-4-6-22-11;1-8(2)12(9(3)4)14(10)13-7-5-6-11;10-8-6-7(5-2-1-3-15-5)13-14-9(6)12-4-11-8;1-10-9(11-2)8(12-3)7-5-4-6-13-7;1-10-7-6(11-12-8(7)9)5-3-2-4-13-5;1-3-6-5(2)4-7(8)9-6;6-5(7)4-2-1-3-8-4;1-3(2,4)5;;1-2/h3-5,8-10,12-13,24-25H,6-7H2,1-2H3;4-6,8-10,12H,3,7H2,1-2H3,(H2,17,18,19);8-9H,5,7H2,1-4H3;1-4H,(H3,10,11,12,13,14);4-6H,3H3;2-4H,(H3,9,11,12);5-7H,3-4H2,1-2H3;1-3H;1H3,(H2,4,5);1H4;1-2H2. The number of H-pyrrole nitrogens is 2. The number of nitriles is 1. The molecular weight excluding hydrogens is 1990 g/mol. The van der Waals surface area contributed by atoms with Crippen molar-refractivity contribution >= 4 is 155 Å². The zero-order valence-corrected chi connectivity index (χ0v) is 79.7. The number of aliphatic imine (C=N–C) groups is 1. The molecule has 13 aromatic rings. The number of furan rings is 6. The second kappa shape index (κ2) is 53.8. The largest absolute Gasteiger partial charge is 0.565 e. The maximum absolute atomic E-state index is 10.2. The van der Waals surface area contributed by atoms with Gasteiger partial charge in [-0.25, -0.2) is 53.8 Å². The first-order chi connectivity index (χ1) is 61.8. The van der Waals surface area contributed by atoms with Crippen LogP contribution in [0.2, 0.25) is 0 Å². The molecule has 0 aliphatic carbocycles. The summed E-state index contributed by atoms with van der Waals surface area (Å²) in [4.78, 5) is 52.3. The molecule has 0 amide bonds. The molecule has 0 aromatic carbocycles. The molecule has 16 N–H and O–H groups in total. The molecule has 11 unspecified atom stereocenters. The van der Waals surface area contributed by atoms with Gasteiger partial charge < -0.3 is 82.3 Å². The number of rotatable bonds is 20. The summed E-state index contributed by atoms with van der Waals surface area (Å²) >= 11 is 16.0. The molecule has 42 nitrogen and oxygen atoms in total. The number of aromatic nitrogens is 14. The Labute approximate surface area is 779 Å². The number of aliphatic hydroxyl groups excluding tert-OH is 2. The fourth-order valence-electron chi connectivity index (χ4n) is 12.6. The zero-order valence-electron chi connectivity index (χ0n) is 72.2. The number of methoxy groups -OCH3 is 1. The summed E-state index contributed by atoms with van der Waals surface area (Å²) in [7, 11) is 4.04. The Hall–Kier alpha value is -11.3. The van der Waals surface area contributed by atoms with Gasteiger partial charge in [0.05, 0.1) is 118 Å². The molecule has 0 radical (unpaired) electrons. The van der Waals surface area contributed by atoms with E-state index in [0.29, 0.717) is 157 Å². The first-order valence-electron chi connectivity index (χ1n) is 39.2. The molecule has 11 atom stereocenters. The van der Waals surface area contributed by atoms with Crippen molar-refractivity contribution in [1.29, 1.82) is 5.26 Å². The van der Waals surface area contributed by atoms with Crippen LogP contribution in [-0.2, 0) is 26.5 Å². The van der Waals surface area contributed by atoms with Crippen molar-refractivity contribution in [3.63, 3.8) is 0 Å². The van der Waals surface area contributed by atoms with Crippen LogP contribution >= 0.6 is 75.4 Å². The van der Waals surface area contributed by atoms with E-state index in [0.717, 1.165) is 25.7 Å². The fourth-order valence-corrected chi connectivity index (χ4v) is 15.5. The van der Waals surface area contributed by atoms with Crippen LogP contribution in [0, 0.1) is 42.9 Å². The summed E-state index contributed by atoms with van der Waals surface area (Å²) in [6.45, 7) is 37.5. The molecule has 130 heavy (non-hydrogen) atoms. The number of halogens is 5. The molecule has 48 heteroatoms. The van der Waals surface area contributed by atoms with Crippen molar-refractivity contribution in [1.82, 2.24) is 79.4 Å². The monoisotopic (exact) mass is 2100 g/mol. The molecule has 698 valence electrons. The second-order valence-electron chi connectivity index (χ2n) is 28.2. The molecule has 0 bridgehead atoms. The number of nitrogens with zero attached hydrogens (tertiary/aromatic N) is 19. The van der Waals surface area contributed by atoms with E-state index in [2.05, 4.69) is 151 Å². The van der Waals surface area contributed by atoms with Gasteiger partial charge in [0.1, 0.15) is 84.0 Å². The van der Waals surface area contributed by atoms with Crippen LogP contribution in [0.1, 0.15) is 130 Å². The molecule has 3 saturated heterocycles. The average molecular weight is 2100 g/mol. The number of carbonyl (C=O) groups excluding carboxylic acids is 1. The number of carbonyl (C=O) groups is 1. The number of nitrogen functional groups attached to an aromatic ring is 3. The third kappa shape index (κ3) is 30.4. The number of nitrogens with two attached hydrogens (primary N) is 6. The zero-order chi connectivity index (χ0) is 94.6. The summed E-state index contributed by atoms with van der Waals surface area (Å²) in [6.07, 6.45) is 18.2. The quantitative estimate of drug-likeness (QED) is 0.00275. The summed E-state index contributed by atoms with van der Waals surface area (Å²) in [6, 6.07) is 23.5. The van der Waals surface area contributed by atoms with Crippen molar-refractivity contribution in [2.24, 2.45) is 32.5 Å². The maximum atomic E-state index is 10.2. The predicted molar refractivity (Wildman–Crippen MR) is 511 cm³/mol. The first kappa shape index (κ1) is 108. The van der Waals surface area contributed by atoms with E-state index in [4.69, 9.17) is 131 Å². The summed E-state index contributed by atoms with van der Waals surface area (Å²) in [5.74, 6) is 13.6. The van der Waals surface area contributed by atoms with Crippen LogP contribution in [0.3, 0.4) is 0 Å². The van der Waals surface area contributed by atoms with Gasteiger partial charge in [0.2, 0.25) is 7.65 Å². The van der Waals surface area contributed by atoms with E-state index in [1.165, 1.54) is 50.9 Å². The third-order valence-electron chi connectivity index (χ3n) is 18.2. The Morgan fingerprint density at radius 1 is 0.715 bits per heavy atom. The van der Waals surface area contributed by atoms with E-state index >= 15 is 0 Å². The van der Waals surface area contributed by atoms with E-state index in [1.807, 2.05) is 43.0 Å². The van der Waals surface area contributed by atoms with Gasteiger partial charge in [-0.15, -0.1) is 0 Å². The normalized spacial score (nSPS) is 18.3. The molecular formula is C82H105Cl3I2N27O15P. The molecule has 3 fully saturated rings. The number of nitrogens with one attached hydrogen (secondary N) is 2. The van der Waals surface area contributed by atoms with Crippen molar-refractivity contribution in [3.05, 3.63) is 181 Å². The summed E-state index contributed by atoms with van der Waals surface area (Å²) in [5, 5.41) is 51.8. The summed E-state index contributed by atoms with van der Waals surface area (Å²) in [5.41, 5.74) is 21.7. The second-order valence-corrected chi connectivity index (χ2v) is 46.2. The van der Waals surface area contributed by atoms with Gasteiger partial charge in [0.15, 0.2) is 69.8 Å². The minimum Gasteiger partial charge on any atom is -0.498 e. The van der Waals surface area contributed by atoms with Gasteiger partial charge >= 0.3 is 51.1 Å². The Kier molecular flexibility index (Phi) is 44.5. The van der Waals surface area contributed by atoms with Gasteiger partial charge in [0, 0.05) is 32.6 Å². The number of aromatic amines is 2. The van der Waals surface area contributed by atoms with Crippen LogP contribution in [0.4, 0.5) is 29.0 Å². The fraction of sp³-hybridized carbons (Fsp3) is 0.390. The molecule has 16 rings (SSSR count). The van der Waals surface area contributed by atoms with E-state index < -0.39 is 46.0 Å². The smallest absolute Gasteiger partial charge is 0.498 e. The number of hydrogen-bond donors (Lipinski definition) is 10. The number of alkyl halides is 2. The van der Waals surface area contributed by atoms with Crippen molar-refractivity contribution < 1.29 is 68.1 Å². The van der Waals surface area contributed by atoms with Crippen LogP contribution in [-0.4, -0.2) is 183 Å². The maximum Gasteiger partial charge on any atom is 0.565 e. The predicted octanol–water partition coefficient (Wildman–Crippen LogP) is 17.6. The number of fused-ring (bicyclic) bond motifs is 3. The van der Waals surface area contributed by atoms with Crippen molar-refractivity contribution in [2.45, 2.75) is 156 Å². The van der Waals surface area contributed by atoms with Crippen LogP contribution in [0.15, 0.2) is 167 Å². The molecule has 3 aliphatic rings. The molecule has 16 heterocycles. The van der Waals surface area contributed by atoms with Gasteiger partial charge in [-0.3, -0.25) is 26.7 Å². The summed E-state index contributed by atoms with van der Waals surface area (Å²) < 4.78 is 79.1. The molecule has 0 saturated carbocycles. The number of hydrazine groups is 1. The number of hydrogen-bond acceptors (Lipinski definition) is 33. The molecule has 3 aliphatic heterocycles. The number of ether oxygens (including phenoxy) is 4. The number of aliphatic hydroxyl groups is 2. The molecule has 0 spiro atoms. The van der Waals surface area contributed by atoms with Gasteiger partial charge in [-0.1, -0.05) is 46.7 Å². The van der Waals surface area contributed by atoms with E-state index in [9.17, 15) is 18.1 Å². The molecule has 13 aromatic heterocycles. The van der Waals surface area contributed by atoms with E-state index in [1.54, 1.807) is 107 Å². The minimum atomic E-state index is -2.72. The van der Waals surface area contributed by atoms with Crippen LogP contribution < -0.4 is 32.8 Å². The average Bonchev–Trinajstić information content (AvgIpc) is 1.61. The first-order valence-corrected chi connectivity index (χ1v) is 52.7. The van der Waals surface area contributed by atoms with Gasteiger partial charge in [0.25, 0.3) is 16.7 Å². The van der Waals surface area contributed by atoms with Crippen molar-refractivity contribution in [3.8, 4) is 51.9 Å². The van der Waals surface area contributed by atoms with Crippen LogP contribution in [0.5, 0.6) is 0 Å². The minimum absolute atomic E-state index is 0. The van der Waals surface area contributed by atoms with Gasteiger partial charge in [-0.2, -0.15) is 35.3 Å². The SMILES string of the molecule is C.CC(C)N(C(C)C)P(Cl)OCCC#N.CCC1OC(Cl)CC1C.CCC1OC(n2nc(-c3ccco3)c3c(N)ncnc32)CC1C.CI(N)(=O)I.CN(C)C=Nc1ncnc2c1c(-c1ccco1)nn2C1CC(O)C(CO)O1.NN.Nc1ncnc2n[nH]c(-c3ccco3)c12.O=C(Cl)c1ccco1.[C-]#[N+]C([N+]#[C-])=C(OC)c1ccco1.[C-]#[N+]c1c(N)n[nH]c1-c1ccco1. The Morgan fingerprint density at radius 3 is 1.62 bits per heavy atom. The topological polar surface area (TPSA) is 582 Å². The van der Waals surface area contributed by atoms with Gasteiger partial charge in [-0.05, 0) is 161 Å².